The summed E-state index contributed by atoms with van der Waals surface area (Å²) in [6.45, 7) is 1.67. The summed E-state index contributed by atoms with van der Waals surface area (Å²) in [6.07, 6.45) is 4.04. The van der Waals surface area contributed by atoms with Crippen LogP contribution in [-0.4, -0.2) is 28.3 Å². The van der Waals surface area contributed by atoms with Crippen LogP contribution in [0, 0.1) is 5.92 Å². The van der Waals surface area contributed by atoms with Gasteiger partial charge in [-0.15, -0.1) is 0 Å². The zero-order valence-corrected chi connectivity index (χ0v) is 11.1. The molecule has 1 aliphatic heterocycles. The van der Waals surface area contributed by atoms with E-state index in [9.17, 15) is 5.11 Å². The number of fused-ring (bicyclic) bond motifs is 1. The minimum atomic E-state index is 0.215. The number of rotatable bonds is 2. The highest BCUT2D eigenvalue weighted by molar-refractivity contribution is 5.57. The molecule has 0 radical (unpaired) electrons. The van der Waals surface area contributed by atoms with Crippen LogP contribution in [0.25, 0.3) is 11.4 Å². The summed E-state index contributed by atoms with van der Waals surface area (Å²) in [6, 6.07) is 9.11. The molecular formula is C16H16N2O2. The van der Waals surface area contributed by atoms with Crippen LogP contribution < -0.4 is 0 Å². The van der Waals surface area contributed by atoms with Crippen LogP contribution >= 0.6 is 0 Å². The van der Waals surface area contributed by atoms with Crippen molar-refractivity contribution in [2.24, 2.45) is 5.92 Å². The van der Waals surface area contributed by atoms with Gasteiger partial charge in [-0.05, 0) is 37.0 Å². The molecule has 0 bridgehead atoms. The van der Waals surface area contributed by atoms with Gasteiger partial charge in [0.25, 0.3) is 0 Å². The van der Waals surface area contributed by atoms with Crippen molar-refractivity contribution in [1.29, 1.82) is 0 Å². The molecular weight excluding hydrogens is 252 g/mol. The molecule has 4 nitrogen and oxygen atoms in total. The van der Waals surface area contributed by atoms with Crippen molar-refractivity contribution in [2.75, 3.05) is 13.2 Å². The van der Waals surface area contributed by atoms with E-state index in [0.717, 1.165) is 30.9 Å². The van der Waals surface area contributed by atoms with Crippen LogP contribution in [0.15, 0.2) is 36.5 Å². The van der Waals surface area contributed by atoms with E-state index in [0.29, 0.717) is 11.7 Å². The molecule has 1 aromatic carbocycles. The number of nitrogens with zero attached hydrogens (tertiary/aromatic N) is 2. The number of benzene rings is 1. The molecule has 1 aromatic heterocycles. The van der Waals surface area contributed by atoms with E-state index < -0.39 is 0 Å². The molecule has 1 saturated carbocycles. The Labute approximate surface area is 117 Å². The molecule has 0 unspecified atom stereocenters. The van der Waals surface area contributed by atoms with Crippen LogP contribution in [0.5, 0.6) is 5.75 Å². The Hall–Kier alpha value is -1.94. The largest absolute Gasteiger partial charge is 0.508 e. The van der Waals surface area contributed by atoms with Gasteiger partial charge < -0.3 is 9.84 Å². The predicted octanol–water partition coefficient (Wildman–Crippen LogP) is 2.53. The lowest BCUT2D eigenvalue weighted by atomic mass is 9.93. The van der Waals surface area contributed by atoms with Gasteiger partial charge in [0.1, 0.15) is 5.75 Å². The van der Waals surface area contributed by atoms with E-state index in [1.54, 1.807) is 12.1 Å². The molecule has 1 aliphatic carbocycles. The van der Waals surface area contributed by atoms with Crippen molar-refractivity contribution < 1.29 is 9.84 Å². The molecule has 2 heterocycles. The van der Waals surface area contributed by atoms with Crippen LogP contribution in [0.1, 0.15) is 18.5 Å². The van der Waals surface area contributed by atoms with E-state index in [4.69, 9.17) is 9.72 Å². The molecule has 2 aromatic rings. The van der Waals surface area contributed by atoms with Crippen LogP contribution in [-0.2, 0) is 10.2 Å². The summed E-state index contributed by atoms with van der Waals surface area (Å²) in [7, 11) is 0. The Balaban J connectivity index is 1.72. The van der Waals surface area contributed by atoms with Crippen LogP contribution in [0.2, 0.25) is 0 Å². The Kier molecular flexibility index (Phi) is 2.54. The minimum Gasteiger partial charge on any atom is -0.508 e. The van der Waals surface area contributed by atoms with Crippen LogP contribution in [0.3, 0.4) is 0 Å². The molecule has 20 heavy (non-hydrogen) atoms. The smallest absolute Gasteiger partial charge is 0.159 e. The molecule has 1 N–H and O–H groups in total. The molecule has 2 fully saturated rings. The molecule has 2 atom stereocenters. The highest BCUT2D eigenvalue weighted by Crippen LogP contribution is 2.58. The van der Waals surface area contributed by atoms with E-state index in [1.165, 1.54) is 6.42 Å². The molecule has 4 heteroatoms. The van der Waals surface area contributed by atoms with Crippen LogP contribution in [0.4, 0.5) is 0 Å². The lowest BCUT2D eigenvalue weighted by molar-refractivity contribution is 0.0794. The summed E-state index contributed by atoms with van der Waals surface area (Å²) >= 11 is 0. The third-order valence-electron chi connectivity index (χ3n) is 4.51. The Bertz CT molecular complexity index is 658. The maximum Gasteiger partial charge on any atom is 0.159 e. The second-order valence-electron chi connectivity index (χ2n) is 5.70. The van der Waals surface area contributed by atoms with Crippen molar-refractivity contribution in [1.82, 2.24) is 9.97 Å². The fourth-order valence-electron chi connectivity index (χ4n) is 3.25. The number of phenolic OH excluding ortho intramolecular Hbond substituents is 1. The van der Waals surface area contributed by atoms with E-state index in [2.05, 4.69) is 4.98 Å². The van der Waals surface area contributed by atoms with Crippen molar-refractivity contribution in [3.05, 3.63) is 42.2 Å². The summed E-state index contributed by atoms with van der Waals surface area (Å²) in [5.74, 6) is 1.54. The maximum atomic E-state index is 9.58. The van der Waals surface area contributed by atoms with Gasteiger partial charge in [-0.3, -0.25) is 0 Å². The van der Waals surface area contributed by atoms with Gasteiger partial charge in [-0.25, -0.2) is 9.97 Å². The minimum absolute atomic E-state index is 0.215. The van der Waals surface area contributed by atoms with E-state index >= 15 is 0 Å². The molecule has 1 saturated heterocycles. The fourth-order valence-corrected chi connectivity index (χ4v) is 3.25. The SMILES string of the molecule is Oc1cccc(-c2nccc([C@@]34CCOC[C@@H]3C4)n2)c1. The van der Waals surface area contributed by atoms with Crippen molar-refractivity contribution >= 4 is 0 Å². The monoisotopic (exact) mass is 268 g/mol. The summed E-state index contributed by atoms with van der Waals surface area (Å²) in [4.78, 5) is 9.09. The first-order chi connectivity index (χ1) is 9.78. The van der Waals surface area contributed by atoms with Crippen molar-refractivity contribution in [3.8, 4) is 17.1 Å². The first-order valence-electron chi connectivity index (χ1n) is 6.99. The molecule has 102 valence electrons. The summed E-state index contributed by atoms with van der Waals surface area (Å²) < 4.78 is 5.52. The number of ether oxygens (including phenoxy) is 1. The van der Waals surface area contributed by atoms with E-state index in [-0.39, 0.29) is 11.2 Å². The highest BCUT2D eigenvalue weighted by Gasteiger charge is 2.57. The van der Waals surface area contributed by atoms with Gasteiger partial charge in [0.05, 0.1) is 12.3 Å². The first kappa shape index (κ1) is 11.9. The van der Waals surface area contributed by atoms with Crippen molar-refractivity contribution in [2.45, 2.75) is 18.3 Å². The lowest BCUT2D eigenvalue weighted by Gasteiger charge is -2.22. The zero-order chi connectivity index (χ0) is 13.6. The molecule has 0 amide bonds. The quantitative estimate of drug-likeness (QED) is 0.909. The lowest BCUT2D eigenvalue weighted by Crippen LogP contribution is -2.22. The zero-order valence-electron chi connectivity index (χ0n) is 11.1. The predicted molar refractivity (Wildman–Crippen MR) is 74.4 cm³/mol. The van der Waals surface area contributed by atoms with Crippen molar-refractivity contribution in [3.63, 3.8) is 0 Å². The van der Waals surface area contributed by atoms with Gasteiger partial charge in [-0.1, -0.05) is 12.1 Å². The third-order valence-corrected chi connectivity index (χ3v) is 4.51. The number of phenols is 1. The number of hydrogen-bond acceptors (Lipinski definition) is 4. The molecule has 4 rings (SSSR count). The second kappa shape index (κ2) is 4.28. The number of hydrogen-bond donors (Lipinski definition) is 1. The van der Waals surface area contributed by atoms with Gasteiger partial charge >= 0.3 is 0 Å². The standard InChI is InChI=1S/C16H16N2O2/c19-13-3-1-2-11(8-13)15-17-6-4-14(18-15)16-5-7-20-10-12(16)9-16/h1-4,6,8,12,19H,5,7,9-10H2/t12-,16+/m0/s1. The van der Waals surface area contributed by atoms with Gasteiger partial charge in [0.2, 0.25) is 0 Å². The number of aromatic hydroxyl groups is 1. The summed E-state index contributed by atoms with van der Waals surface area (Å²) in [5, 5.41) is 9.58. The second-order valence-corrected chi connectivity index (χ2v) is 5.70. The Morgan fingerprint density at radius 3 is 3.10 bits per heavy atom. The first-order valence-corrected chi connectivity index (χ1v) is 6.99. The normalized spacial score (nSPS) is 27.9. The summed E-state index contributed by atoms with van der Waals surface area (Å²) in [5.41, 5.74) is 2.19. The average Bonchev–Trinajstić information content (AvgIpc) is 3.23. The fraction of sp³-hybridized carbons (Fsp3) is 0.375. The Morgan fingerprint density at radius 2 is 2.25 bits per heavy atom. The number of aromatic nitrogens is 2. The molecule has 2 aliphatic rings. The molecule has 0 spiro atoms. The van der Waals surface area contributed by atoms with E-state index in [1.807, 2.05) is 24.4 Å². The van der Waals surface area contributed by atoms with Gasteiger partial charge in [0, 0.05) is 23.8 Å². The third kappa shape index (κ3) is 1.79. The topological polar surface area (TPSA) is 55.2 Å². The van der Waals surface area contributed by atoms with Gasteiger partial charge in [0.15, 0.2) is 5.82 Å². The highest BCUT2D eigenvalue weighted by atomic mass is 16.5. The maximum absolute atomic E-state index is 9.58. The Morgan fingerprint density at radius 1 is 1.30 bits per heavy atom. The van der Waals surface area contributed by atoms with Gasteiger partial charge in [-0.2, -0.15) is 0 Å². The average molecular weight is 268 g/mol.